The van der Waals surface area contributed by atoms with Gasteiger partial charge in [0, 0.05) is 17.4 Å². The zero-order chi connectivity index (χ0) is 27.4. The number of nitrogens with two attached hydrogens (primary N) is 1. The molecule has 14 heteroatoms. The van der Waals surface area contributed by atoms with Crippen LogP contribution in [0.4, 0.5) is 20.3 Å². The number of aromatic nitrogens is 4. The van der Waals surface area contributed by atoms with Crippen LogP contribution in [-0.4, -0.2) is 50.9 Å². The Labute approximate surface area is 221 Å². The summed E-state index contributed by atoms with van der Waals surface area (Å²) in [5.74, 6) is -0.0123. The van der Waals surface area contributed by atoms with Gasteiger partial charge in [0.1, 0.15) is 35.6 Å². The molecular weight excluding hydrogens is 532 g/mol. The minimum Gasteiger partial charge on any atom is -0.467 e. The first-order valence-corrected chi connectivity index (χ1v) is 13.6. The number of nitrogens with one attached hydrogen (secondary N) is 1. The molecule has 39 heavy (non-hydrogen) atoms. The fraction of sp³-hybridized carbons (Fsp3) is 0.320. The quantitative estimate of drug-likeness (QED) is 0.346. The van der Waals surface area contributed by atoms with E-state index in [9.17, 15) is 12.8 Å². The Morgan fingerprint density at radius 3 is 2.85 bits per heavy atom. The summed E-state index contributed by atoms with van der Waals surface area (Å²) in [5.41, 5.74) is 5.82. The molecule has 2 aliphatic heterocycles. The Morgan fingerprint density at radius 1 is 1.23 bits per heavy atom. The second-order valence-corrected chi connectivity index (χ2v) is 12.1. The lowest BCUT2D eigenvalue weighted by Gasteiger charge is -2.39. The zero-order valence-corrected chi connectivity index (χ0v) is 21.5. The van der Waals surface area contributed by atoms with Crippen LogP contribution in [0.1, 0.15) is 31.2 Å². The average molecular weight is 556 g/mol. The van der Waals surface area contributed by atoms with Crippen LogP contribution in [0.15, 0.2) is 58.5 Å². The highest BCUT2D eigenvalue weighted by molar-refractivity contribution is 7.94. The van der Waals surface area contributed by atoms with Crippen molar-refractivity contribution in [3.8, 4) is 5.88 Å². The number of anilines is 2. The fourth-order valence-electron chi connectivity index (χ4n) is 5.34. The van der Waals surface area contributed by atoms with Crippen molar-refractivity contribution in [2.45, 2.75) is 41.9 Å². The number of ether oxygens (including phenoxy) is 1. The van der Waals surface area contributed by atoms with Gasteiger partial charge in [-0.25, -0.2) is 37.1 Å². The van der Waals surface area contributed by atoms with E-state index in [2.05, 4.69) is 30.2 Å². The van der Waals surface area contributed by atoms with Gasteiger partial charge in [0.15, 0.2) is 27.0 Å². The van der Waals surface area contributed by atoms with Crippen LogP contribution in [0.5, 0.6) is 5.88 Å². The van der Waals surface area contributed by atoms with Gasteiger partial charge in [-0.3, -0.25) is 4.99 Å². The molecule has 202 valence electrons. The molecule has 3 aromatic heterocycles. The number of hydrogen-bond donors (Lipinski definition) is 2. The molecule has 0 saturated carbocycles. The van der Waals surface area contributed by atoms with Crippen LogP contribution in [0, 0.1) is 5.82 Å². The van der Waals surface area contributed by atoms with Gasteiger partial charge >= 0.3 is 0 Å². The van der Waals surface area contributed by atoms with E-state index >= 15 is 4.39 Å². The predicted molar refractivity (Wildman–Crippen MR) is 137 cm³/mol. The van der Waals surface area contributed by atoms with Gasteiger partial charge in [0.25, 0.3) is 0 Å². The van der Waals surface area contributed by atoms with E-state index in [0.717, 1.165) is 0 Å². The minimum atomic E-state index is -4.06. The Balaban J connectivity index is 1.33. The number of amidine groups is 1. The number of fused-ring (bicyclic) bond motifs is 3. The summed E-state index contributed by atoms with van der Waals surface area (Å²) in [7, 11) is -4.06. The Morgan fingerprint density at radius 2 is 2.08 bits per heavy atom. The lowest BCUT2D eigenvalue weighted by Crippen LogP contribution is -2.58. The van der Waals surface area contributed by atoms with Gasteiger partial charge in [-0.15, -0.1) is 0 Å². The average Bonchev–Trinajstić information content (AvgIpc) is 3.50. The number of hydrogen-bond acceptors (Lipinski definition) is 11. The van der Waals surface area contributed by atoms with Crippen molar-refractivity contribution >= 4 is 38.2 Å². The summed E-state index contributed by atoms with van der Waals surface area (Å²) in [6.07, 6.45) is 6.02. The molecule has 1 saturated heterocycles. The van der Waals surface area contributed by atoms with Crippen molar-refractivity contribution < 1.29 is 26.4 Å². The molecule has 0 amide bonds. The molecule has 2 aliphatic rings. The van der Waals surface area contributed by atoms with Gasteiger partial charge in [0.2, 0.25) is 11.8 Å². The number of benzene rings is 1. The molecule has 11 nitrogen and oxygen atoms in total. The molecule has 1 fully saturated rings. The van der Waals surface area contributed by atoms with Crippen molar-refractivity contribution in [1.82, 2.24) is 19.9 Å². The topological polar surface area (TPSA) is 158 Å². The molecule has 5 heterocycles. The maximum absolute atomic E-state index is 15.2. The molecule has 2 bridgehead atoms. The van der Waals surface area contributed by atoms with Crippen molar-refractivity contribution in [3.05, 3.63) is 66.4 Å². The van der Waals surface area contributed by atoms with Crippen molar-refractivity contribution in [2.75, 3.05) is 12.0 Å². The van der Waals surface area contributed by atoms with Crippen LogP contribution in [0.2, 0.25) is 0 Å². The second kappa shape index (κ2) is 8.93. The Hall–Kier alpha value is -4.20. The first kappa shape index (κ1) is 25.1. The second-order valence-electron chi connectivity index (χ2n) is 9.61. The third-order valence-electron chi connectivity index (χ3n) is 7.43. The van der Waals surface area contributed by atoms with Crippen molar-refractivity contribution in [3.63, 3.8) is 0 Å². The Kier molecular flexibility index (Phi) is 5.75. The smallest absolute Gasteiger partial charge is 0.233 e. The molecule has 0 radical (unpaired) electrons. The summed E-state index contributed by atoms with van der Waals surface area (Å²) >= 11 is 0. The van der Waals surface area contributed by atoms with Crippen molar-refractivity contribution in [1.29, 1.82) is 0 Å². The highest BCUT2D eigenvalue weighted by atomic mass is 32.2. The van der Waals surface area contributed by atoms with Crippen LogP contribution in [0.25, 0.3) is 11.0 Å². The molecule has 3 N–H and O–H groups in total. The van der Waals surface area contributed by atoms with E-state index in [1.54, 1.807) is 6.07 Å². The first-order valence-electron chi connectivity index (χ1n) is 12.0. The standard InChI is InChI=1S/C25H23F2N7O4S/c1-24(18-4-6-25(13-26,23(28)34-24)39(18,35)36)15-10-14(2-3-16(15)27)32-22-21-17(5-7-30-22)33-19(11-31-21)38-12-20-29-8-9-37-20/h2-3,5,7-11,18H,4,6,12-13H2,1H3,(H2,28,34)(H,30,32)/t18?,24-,25+/m1/s1. The van der Waals surface area contributed by atoms with E-state index in [1.165, 1.54) is 50.0 Å². The maximum atomic E-state index is 15.2. The summed E-state index contributed by atoms with van der Waals surface area (Å²) in [6, 6.07) is 5.81. The predicted octanol–water partition coefficient (Wildman–Crippen LogP) is 3.35. The van der Waals surface area contributed by atoms with E-state index in [0.29, 0.717) is 28.4 Å². The summed E-state index contributed by atoms with van der Waals surface area (Å²) < 4.78 is 64.7. The third-order valence-corrected chi connectivity index (χ3v) is 10.5. The fourth-order valence-corrected chi connectivity index (χ4v) is 7.99. The van der Waals surface area contributed by atoms with E-state index in [-0.39, 0.29) is 36.7 Å². The van der Waals surface area contributed by atoms with Crippen molar-refractivity contribution in [2.24, 2.45) is 10.7 Å². The van der Waals surface area contributed by atoms with Gasteiger partial charge in [0.05, 0.1) is 23.2 Å². The highest BCUT2D eigenvalue weighted by Gasteiger charge is 2.65. The number of aliphatic imine (C=N–C) groups is 1. The summed E-state index contributed by atoms with van der Waals surface area (Å²) in [5, 5.41) is 1.99. The van der Waals surface area contributed by atoms with Gasteiger partial charge in [-0.05, 0) is 44.0 Å². The molecule has 1 unspecified atom stereocenters. The van der Waals surface area contributed by atoms with Crippen LogP contribution in [-0.2, 0) is 22.0 Å². The van der Waals surface area contributed by atoms with Crippen LogP contribution >= 0.6 is 0 Å². The third kappa shape index (κ3) is 3.80. The van der Waals surface area contributed by atoms with E-state index in [1.807, 2.05) is 0 Å². The van der Waals surface area contributed by atoms with Gasteiger partial charge < -0.3 is 20.2 Å². The minimum absolute atomic E-state index is 0.00328. The van der Waals surface area contributed by atoms with Gasteiger partial charge in [-0.2, -0.15) is 0 Å². The number of nitrogens with zero attached hydrogens (tertiary/aromatic N) is 5. The maximum Gasteiger partial charge on any atom is 0.233 e. The number of sulfone groups is 1. The molecule has 0 spiro atoms. The SMILES string of the molecule is C[C@]1(c2cc(Nc3nccc4nc(OCc5ncco5)cnc34)ccc2F)N=C(N)[C@@]2(CF)CCC1S2(=O)=O. The molecule has 6 rings (SSSR count). The summed E-state index contributed by atoms with van der Waals surface area (Å²) in [4.78, 5) is 21.6. The zero-order valence-electron chi connectivity index (χ0n) is 20.6. The monoisotopic (exact) mass is 555 g/mol. The van der Waals surface area contributed by atoms with Gasteiger partial charge in [-0.1, -0.05) is 0 Å². The molecule has 1 aromatic carbocycles. The van der Waals surface area contributed by atoms with Crippen LogP contribution in [0.3, 0.4) is 0 Å². The lowest BCUT2D eigenvalue weighted by molar-refractivity contribution is 0.253. The first-order chi connectivity index (χ1) is 18.7. The number of pyridine rings is 1. The highest BCUT2D eigenvalue weighted by Crippen LogP contribution is 2.52. The van der Waals surface area contributed by atoms with E-state index in [4.69, 9.17) is 14.9 Å². The number of rotatable bonds is 7. The largest absolute Gasteiger partial charge is 0.467 e. The lowest BCUT2D eigenvalue weighted by atomic mass is 9.86. The number of halogens is 2. The normalized spacial score (nSPS) is 25.4. The summed E-state index contributed by atoms with van der Waals surface area (Å²) in [6.45, 7) is 0.428. The molecule has 4 aromatic rings. The van der Waals surface area contributed by atoms with Crippen LogP contribution < -0.4 is 15.8 Å². The molecule has 3 atom stereocenters. The number of alkyl halides is 1. The Bertz CT molecular complexity index is 1720. The molecule has 0 aliphatic carbocycles. The number of oxazole rings is 1. The molecular formula is C25H23F2N7O4S. The van der Waals surface area contributed by atoms with E-state index < -0.39 is 37.9 Å².